The van der Waals surface area contributed by atoms with E-state index in [2.05, 4.69) is 10.6 Å². The zero-order valence-corrected chi connectivity index (χ0v) is 8.19. The molecule has 2 amide bonds. The second kappa shape index (κ2) is 9.68. The van der Waals surface area contributed by atoms with Crippen molar-refractivity contribution in [1.29, 1.82) is 0 Å². The van der Waals surface area contributed by atoms with E-state index in [4.69, 9.17) is 27.3 Å². The van der Waals surface area contributed by atoms with Crippen molar-refractivity contribution in [3.05, 3.63) is 4.91 Å². The lowest BCUT2D eigenvalue weighted by Crippen LogP contribution is -2.41. The zero-order valence-electron chi connectivity index (χ0n) is 7.44. The molecule has 0 saturated carbocycles. The Morgan fingerprint density at radius 3 is 2.36 bits per heavy atom. The van der Waals surface area contributed by atoms with Crippen molar-refractivity contribution < 1.29 is 14.7 Å². The Kier molecular flexibility index (Phi) is 10.4. The lowest BCUT2D eigenvalue weighted by atomic mass is 10.7. The molecule has 0 aromatic rings. The third-order valence-electron chi connectivity index (χ3n) is 0.667. The molecule has 0 radical (unpaired) electrons. The first-order valence-electron chi connectivity index (χ1n) is 3.37. The largest absolute Gasteiger partial charge is 0.481 e. The Hall–Kier alpha value is -1.41. The molecule has 14 heavy (non-hydrogen) atoms. The van der Waals surface area contributed by atoms with Crippen LogP contribution in [0.2, 0.25) is 0 Å². The number of hydrazine groups is 1. The van der Waals surface area contributed by atoms with E-state index in [1.807, 2.05) is 0 Å². The number of carbonyl (C=O) groups is 2. The highest BCUT2D eigenvalue weighted by atomic mass is 35.5. The number of carboxylic acids is 1. The summed E-state index contributed by atoms with van der Waals surface area (Å²) in [6.07, 6.45) is 0. The maximum atomic E-state index is 10.5. The van der Waals surface area contributed by atoms with Crippen molar-refractivity contribution >= 4 is 23.6 Å². The summed E-state index contributed by atoms with van der Waals surface area (Å²) in [6, 6.07) is -0.768. The van der Waals surface area contributed by atoms with E-state index >= 15 is 0 Å². The van der Waals surface area contributed by atoms with Gasteiger partial charge in [-0.1, -0.05) is 0 Å². The molecule has 0 fully saturated rings. The average molecular weight is 227 g/mol. The van der Waals surface area contributed by atoms with Gasteiger partial charge in [0, 0.05) is 19.3 Å². The number of carbonyl (C=O) groups excluding carboxylic acids is 1. The number of alkyl halides is 1. The van der Waals surface area contributed by atoms with Crippen LogP contribution in [0.25, 0.3) is 0 Å². The van der Waals surface area contributed by atoms with Gasteiger partial charge < -0.3 is 10.4 Å². The molecule has 8 nitrogen and oxygen atoms in total. The van der Waals surface area contributed by atoms with E-state index in [-0.39, 0.29) is 17.5 Å². The summed E-state index contributed by atoms with van der Waals surface area (Å²) in [7, 11) is 0. The van der Waals surface area contributed by atoms with Gasteiger partial charge in [0.15, 0.2) is 0 Å². The standard InChI is InChI=1S/C3H7ClN4O2.C2H4O2/c4-1-2-6-3(9)8(5)7-10;1-2(3)4/h1-2,5H2,(H,6,9);1H3,(H,3,4). The molecule has 0 aliphatic heterocycles. The summed E-state index contributed by atoms with van der Waals surface area (Å²) in [5.41, 5.74) is 0. The van der Waals surface area contributed by atoms with Crippen LogP contribution in [0.15, 0.2) is 5.29 Å². The van der Waals surface area contributed by atoms with Crippen LogP contribution in [0, 0.1) is 4.91 Å². The molecule has 0 aliphatic carbocycles. The van der Waals surface area contributed by atoms with Crippen LogP contribution >= 0.6 is 11.6 Å². The van der Waals surface area contributed by atoms with E-state index < -0.39 is 12.0 Å². The van der Waals surface area contributed by atoms with Gasteiger partial charge in [0.2, 0.25) is 0 Å². The number of rotatable bonds is 3. The van der Waals surface area contributed by atoms with Crippen molar-refractivity contribution in [2.75, 3.05) is 12.4 Å². The minimum atomic E-state index is -0.833. The third kappa shape index (κ3) is 13.2. The van der Waals surface area contributed by atoms with Gasteiger partial charge >= 0.3 is 6.03 Å². The average Bonchev–Trinajstić information content (AvgIpc) is 2.11. The number of hydrogen-bond acceptors (Lipinski definition) is 5. The quantitative estimate of drug-likeness (QED) is 0.203. The molecule has 0 unspecified atom stereocenters. The van der Waals surface area contributed by atoms with Crippen LogP contribution in [-0.2, 0) is 4.79 Å². The molecule has 0 aromatic heterocycles. The van der Waals surface area contributed by atoms with Crippen LogP contribution in [-0.4, -0.2) is 34.6 Å². The molecule has 0 rings (SSSR count). The molecule has 0 spiro atoms. The van der Waals surface area contributed by atoms with Crippen molar-refractivity contribution in [3.63, 3.8) is 0 Å². The second-order valence-electron chi connectivity index (χ2n) is 1.87. The number of nitrogens with zero attached hydrogens (tertiary/aromatic N) is 2. The number of hydrogen-bond donors (Lipinski definition) is 3. The molecule has 0 heterocycles. The first kappa shape index (κ1) is 15.1. The summed E-state index contributed by atoms with van der Waals surface area (Å²) < 4.78 is 0. The molecule has 4 N–H and O–H groups in total. The Morgan fingerprint density at radius 1 is 1.64 bits per heavy atom. The number of carboxylic acid groups (broad SMARTS) is 1. The number of halogens is 1. The topological polar surface area (TPSA) is 125 Å². The molecule has 0 saturated heterocycles. The maximum Gasteiger partial charge on any atom is 0.355 e. The lowest BCUT2D eigenvalue weighted by Gasteiger charge is -2.05. The summed E-state index contributed by atoms with van der Waals surface area (Å²) in [5, 5.41) is 11.9. The predicted molar refractivity (Wildman–Crippen MR) is 49.2 cm³/mol. The number of nitroso groups, excluding NO2 is 1. The Morgan fingerprint density at radius 2 is 2.07 bits per heavy atom. The molecular weight excluding hydrogens is 216 g/mol. The van der Waals surface area contributed by atoms with Crippen molar-refractivity contribution in [3.8, 4) is 0 Å². The first-order chi connectivity index (χ1) is 6.45. The summed E-state index contributed by atoms with van der Waals surface area (Å²) in [5.74, 6) is 4.19. The summed E-state index contributed by atoms with van der Waals surface area (Å²) in [4.78, 5) is 29.0. The van der Waals surface area contributed by atoms with Crippen LogP contribution in [0.3, 0.4) is 0 Å². The predicted octanol–water partition coefficient (Wildman–Crippen LogP) is -0.117. The van der Waals surface area contributed by atoms with Gasteiger partial charge in [-0.2, -0.15) is 0 Å². The lowest BCUT2D eigenvalue weighted by molar-refractivity contribution is -0.134. The fourth-order valence-electron chi connectivity index (χ4n) is 0.272. The minimum absolute atomic E-state index is 0.159. The van der Waals surface area contributed by atoms with Crippen LogP contribution in [0.5, 0.6) is 0 Å². The maximum absolute atomic E-state index is 10.5. The highest BCUT2D eigenvalue weighted by molar-refractivity contribution is 6.18. The number of nitrogens with two attached hydrogens (primary N) is 1. The SMILES string of the molecule is CC(=O)O.NN(N=O)C(=O)NCCCl. The van der Waals surface area contributed by atoms with Crippen molar-refractivity contribution in [2.45, 2.75) is 6.92 Å². The first-order valence-corrected chi connectivity index (χ1v) is 3.90. The zero-order chi connectivity index (χ0) is 11.6. The van der Waals surface area contributed by atoms with Crippen LogP contribution < -0.4 is 11.2 Å². The Bertz CT molecular complexity index is 196. The summed E-state index contributed by atoms with van der Waals surface area (Å²) in [6.45, 7) is 1.34. The van der Waals surface area contributed by atoms with Gasteiger partial charge in [0.05, 0.1) is 5.29 Å². The Balaban J connectivity index is 0. The number of nitrogens with one attached hydrogen (secondary N) is 1. The van der Waals surface area contributed by atoms with Crippen molar-refractivity contribution in [1.82, 2.24) is 10.4 Å². The van der Waals surface area contributed by atoms with Gasteiger partial charge in [-0.3, -0.25) is 4.79 Å². The molecule has 0 aliphatic rings. The smallest absolute Gasteiger partial charge is 0.355 e. The minimum Gasteiger partial charge on any atom is -0.481 e. The van der Waals surface area contributed by atoms with Gasteiger partial charge in [0.25, 0.3) is 5.97 Å². The number of aliphatic carboxylic acids is 1. The number of urea groups is 1. The van der Waals surface area contributed by atoms with E-state index in [0.717, 1.165) is 6.92 Å². The van der Waals surface area contributed by atoms with Crippen LogP contribution in [0.1, 0.15) is 6.92 Å². The molecule has 0 bridgehead atoms. The van der Waals surface area contributed by atoms with Gasteiger partial charge in [-0.15, -0.1) is 21.6 Å². The number of amides is 2. The normalized spacial score (nSPS) is 7.93. The molecule has 0 aromatic carbocycles. The molecule has 82 valence electrons. The van der Waals surface area contributed by atoms with Gasteiger partial charge in [0.1, 0.15) is 0 Å². The van der Waals surface area contributed by atoms with E-state index in [9.17, 15) is 9.70 Å². The van der Waals surface area contributed by atoms with E-state index in [1.54, 1.807) is 0 Å². The third-order valence-corrected chi connectivity index (χ3v) is 0.856. The highest BCUT2D eigenvalue weighted by Gasteiger charge is 2.06. The van der Waals surface area contributed by atoms with Crippen molar-refractivity contribution in [2.24, 2.45) is 11.1 Å². The van der Waals surface area contributed by atoms with E-state index in [0.29, 0.717) is 0 Å². The fraction of sp³-hybridized carbons (Fsp3) is 0.600. The molecule has 0 atom stereocenters. The second-order valence-corrected chi connectivity index (χ2v) is 2.24. The highest BCUT2D eigenvalue weighted by Crippen LogP contribution is 1.79. The van der Waals surface area contributed by atoms with Crippen LogP contribution in [0.4, 0.5) is 4.79 Å². The monoisotopic (exact) mass is 226 g/mol. The Labute approximate surface area is 84.9 Å². The fourth-order valence-corrected chi connectivity index (χ4v) is 0.367. The van der Waals surface area contributed by atoms with Gasteiger partial charge in [-0.05, 0) is 0 Å². The summed E-state index contributed by atoms with van der Waals surface area (Å²) >= 11 is 5.21. The van der Waals surface area contributed by atoms with Gasteiger partial charge in [-0.25, -0.2) is 10.6 Å². The molecular formula is C5H11ClN4O4. The van der Waals surface area contributed by atoms with E-state index in [1.165, 1.54) is 0 Å². The molecule has 9 heteroatoms.